The van der Waals surface area contributed by atoms with Crippen LogP contribution in [0.5, 0.6) is 0 Å². The lowest BCUT2D eigenvalue weighted by atomic mass is 10.2. The van der Waals surface area contributed by atoms with Crippen LogP contribution < -0.4 is 5.32 Å². The Hall–Kier alpha value is -2.04. The first-order valence-electron chi connectivity index (χ1n) is 8.56. The van der Waals surface area contributed by atoms with Gasteiger partial charge in [0.2, 0.25) is 5.91 Å². The molecule has 0 unspecified atom stereocenters. The summed E-state index contributed by atoms with van der Waals surface area (Å²) < 4.78 is 40.5. The molecular weight excluding hydrogens is 445 g/mol. The smallest absolute Gasteiger partial charge is 0.324 e. The van der Waals surface area contributed by atoms with Crippen molar-refractivity contribution < 1.29 is 18.0 Å². The van der Waals surface area contributed by atoms with Gasteiger partial charge in [-0.25, -0.2) is 0 Å². The maximum absolute atomic E-state index is 12.9. The number of thioether (sulfide) groups is 1. The van der Waals surface area contributed by atoms with E-state index in [1.54, 1.807) is 11.3 Å². The second kappa shape index (κ2) is 9.19. The summed E-state index contributed by atoms with van der Waals surface area (Å²) in [5.41, 5.74) is -0.963. The van der Waals surface area contributed by atoms with Crippen molar-refractivity contribution in [2.45, 2.75) is 31.2 Å². The van der Waals surface area contributed by atoms with Crippen molar-refractivity contribution in [3.63, 3.8) is 0 Å². The first-order valence-corrected chi connectivity index (χ1v) is 10.8. The van der Waals surface area contributed by atoms with Crippen LogP contribution in [0.4, 0.5) is 18.9 Å². The summed E-state index contributed by atoms with van der Waals surface area (Å²) in [6.45, 7) is 2.71. The van der Waals surface area contributed by atoms with Gasteiger partial charge in [0, 0.05) is 6.54 Å². The summed E-state index contributed by atoms with van der Waals surface area (Å²) in [5.74, 6) is 0.199. The van der Waals surface area contributed by atoms with Crippen LogP contribution >= 0.6 is 34.7 Å². The fourth-order valence-electron chi connectivity index (χ4n) is 2.52. The number of thiophene rings is 1. The van der Waals surface area contributed by atoms with Crippen molar-refractivity contribution in [1.29, 1.82) is 0 Å². The van der Waals surface area contributed by atoms with Crippen molar-refractivity contribution >= 4 is 46.3 Å². The Kier molecular flexibility index (Phi) is 6.86. The predicted octanol–water partition coefficient (Wildman–Crippen LogP) is 5.82. The maximum Gasteiger partial charge on any atom is 0.416 e. The zero-order valence-corrected chi connectivity index (χ0v) is 17.6. The minimum absolute atomic E-state index is 0.0329. The van der Waals surface area contributed by atoms with Gasteiger partial charge in [0.25, 0.3) is 0 Å². The van der Waals surface area contributed by atoms with E-state index in [-0.39, 0.29) is 16.5 Å². The minimum atomic E-state index is -4.52. The molecule has 1 aromatic carbocycles. The van der Waals surface area contributed by atoms with Gasteiger partial charge in [-0.05, 0) is 36.1 Å². The SMILES string of the molecule is CCCn1c(SCC(=O)Nc2cc(C(F)(F)F)ccc2Cl)nnc1-c1cccs1. The van der Waals surface area contributed by atoms with Crippen LogP contribution in [0, 0.1) is 0 Å². The molecule has 0 bridgehead atoms. The Morgan fingerprint density at radius 1 is 1.31 bits per heavy atom. The second-order valence-electron chi connectivity index (χ2n) is 5.96. The van der Waals surface area contributed by atoms with Gasteiger partial charge in [-0.15, -0.1) is 21.5 Å². The molecule has 0 radical (unpaired) electrons. The highest BCUT2D eigenvalue weighted by molar-refractivity contribution is 7.99. The van der Waals surface area contributed by atoms with E-state index in [0.717, 1.165) is 47.1 Å². The number of nitrogens with one attached hydrogen (secondary N) is 1. The number of aromatic nitrogens is 3. The number of amides is 1. The van der Waals surface area contributed by atoms with Crippen molar-refractivity contribution in [3.8, 4) is 10.7 Å². The Morgan fingerprint density at radius 3 is 2.76 bits per heavy atom. The Labute approximate surface area is 178 Å². The monoisotopic (exact) mass is 460 g/mol. The summed E-state index contributed by atoms with van der Waals surface area (Å²) in [5, 5.41) is 13.4. The fourth-order valence-corrected chi connectivity index (χ4v) is 4.17. The lowest BCUT2D eigenvalue weighted by Gasteiger charge is -2.12. The van der Waals surface area contributed by atoms with Gasteiger partial charge in [-0.1, -0.05) is 36.4 Å². The number of hydrogen-bond acceptors (Lipinski definition) is 5. The molecule has 154 valence electrons. The zero-order chi connectivity index (χ0) is 21.0. The maximum atomic E-state index is 12.9. The normalized spacial score (nSPS) is 11.6. The highest BCUT2D eigenvalue weighted by Crippen LogP contribution is 2.34. The molecule has 0 spiro atoms. The Bertz CT molecular complexity index is 990. The van der Waals surface area contributed by atoms with Gasteiger partial charge in [0.05, 0.1) is 26.9 Å². The summed E-state index contributed by atoms with van der Waals surface area (Å²) in [4.78, 5) is 13.2. The number of carbonyl (C=O) groups is 1. The van der Waals surface area contributed by atoms with Crippen LogP contribution in [0.2, 0.25) is 5.02 Å². The van der Waals surface area contributed by atoms with E-state index in [1.807, 2.05) is 29.0 Å². The molecule has 0 aliphatic carbocycles. The molecule has 29 heavy (non-hydrogen) atoms. The number of benzene rings is 1. The molecule has 1 amide bonds. The number of alkyl halides is 3. The molecule has 0 saturated carbocycles. The molecule has 5 nitrogen and oxygen atoms in total. The lowest BCUT2D eigenvalue weighted by Crippen LogP contribution is -2.16. The summed E-state index contributed by atoms with van der Waals surface area (Å²) in [7, 11) is 0. The number of halogens is 4. The molecule has 3 aromatic rings. The molecule has 3 rings (SSSR count). The zero-order valence-electron chi connectivity index (χ0n) is 15.2. The van der Waals surface area contributed by atoms with Crippen molar-refractivity contribution in [3.05, 3.63) is 46.3 Å². The van der Waals surface area contributed by atoms with E-state index < -0.39 is 17.6 Å². The third-order valence-electron chi connectivity index (χ3n) is 3.81. The molecular formula is C18H16ClF3N4OS2. The van der Waals surface area contributed by atoms with Gasteiger partial charge in [0.15, 0.2) is 11.0 Å². The van der Waals surface area contributed by atoms with Gasteiger partial charge >= 0.3 is 6.18 Å². The lowest BCUT2D eigenvalue weighted by molar-refractivity contribution is -0.137. The highest BCUT2D eigenvalue weighted by atomic mass is 35.5. The molecule has 2 heterocycles. The van der Waals surface area contributed by atoms with Crippen molar-refractivity contribution in [2.24, 2.45) is 0 Å². The van der Waals surface area contributed by atoms with E-state index in [0.29, 0.717) is 11.7 Å². The fraction of sp³-hybridized carbons (Fsp3) is 0.278. The van der Waals surface area contributed by atoms with Crippen LogP contribution in [-0.4, -0.2) is 26.4 Å². The quantitative estimate of drug-likeness (QED) is 0.451. The van der Waals surface area contributed by atoms with Gasteiger partial charge in [0.1, 0.15) is 0 Å². The second-order valence-corrected chi connectivity index (χ2v) is 8.26. The molecule has 0 atom stereocenters. The average Bonchev–Trinajstić information content (AvgIpc) is 3.31. The van der Waals surface area contributed by atoms with E-state index in [9.17, 15) is 18.0 Å². The minimum Gasteiger partial charge on any atom is -0.324 e. The number of carbonyl (C=O) groups excluding carboxylic acids is 1. The third kappa shape index (κ3) is 5.31. The highest BCUT2D eigenvalue weighted by Gasteiger charge is 2.31. The Morgan fingerprint density at radius 2 is 2.10 bits per heavy atom. The van der Waals surface area contributed by atoms with Crippen LogP contribution in [0.25, 0.3) is 10.7 Å². The number of anilines is 1. The molecule has 11 heteroatoms. The van der Waals surface area contributed by atoms with Crippen LogP contribution in [-0.2, 0) is 17.5 Å². The molecule has 0 aliphatic heterocycles. The number of hydrogen-bond donors (Lipinski definition) is 1. The first kappa shape index (κ1) is 21.7. The third-order valence-corrected chi connectivity index (χ3v) is 5.97. The van der Waals surface area contributed by atoms with E-state index in [4.69, 9.17) is 11.6 Å². The van der Waals surface area contributed by atoms with Crippen LogP contribution in [0.1, 0.15) is 18.9 Å². The molecule has 2 aromatic heterocycles. The summed E-state index contributed by atoms with van der Waals surface area (Å²) >= 11 is 8.63. The molecule has 0 saturated heterocycles. The van der Waals surface area contributed by atoms with Gasteiger partial charge in [-0.3, -0.25) is 4.79 Å². The van der Waals surface area contributed by atoms with Crippen molar-refractivity contribution in [1.82, 2.24) is 14.8 Å². The standard InChI is InChI=1S/C18H16ClF3N4OS2/c1-2-7-26-16(14-4-3-8-28-14)24-25-17(26)29-10-15(27)23-13-9-11(18(20,21)22)5-6-12(13)19/h3-6,8-9H,2,7,10H2,1H3,(H,23,27). The Balaban J connectivity index is 1.70. The summed E-state index contributed by atoms with van der Waals surface area (Å²) in [6.07, 6.45) is -3.66. The average molecular weight is 461 g/mol. The predicted molar refractivity (Wildman–Crippen MR) is 109 cm³/mol. The van der Waals surface area contributed by atoms with E-state index in [1.165, 1.54) is 0 Å². The van der Waals surface area contributed by atoms with Crippen LogP contribution in [0.3, 0.4) is 0 Å². The topological polar surface area (TPSA) is 59.8 Å². The van der Waals surface area contributed by atoms with E-state index >= 15 is 0 Å². The summed E-state index contributed by atoms with van der Waals surface area (Å²) in [6, 6.07) is 6.66. The van der Waals surface area contributed by atoms with Crippen LogP contribution in [0.15, 0.2) is 40.9 Å². The van der Waals surface area contributed by atoms with Gasteiger partial charge in [-0.2, -0.15) is 13.2 Å². The van der Waals surface area contributed by atoms with E-state index in [2.05, 4.69) is 15.5 Å². The van der Waals surface area contributed by atoms with Crippen molar-refractivity contribution in [2.75, 3.05) is 11.1 Å². The number of nitrogens with zero attached hydrogens (tertiary/aromatic N) is 3. The molecule has 0 aliphatic rings. The molecule has 1 N–H and O–H groups in total. The number of rotatable bonds is 7. The van der Waals surface area contributed by atoms with Gasteiger partial charge < -0.3 is 9.88 Å². The largest absolute Gasteiger partial charge is 0.416 e. The first-order chi connectivity index (χ1) is 13.8. The molecule has 0 fully saturated rings.